The van der Waals surface area contributed by atoms with Crippen LogP contribution in [-0.2, 0) is 13.0 Å². The zero-order valence-corrected chi connectivity index (χ0v) is 12.7. The number of hydrogen-bond acceptors (Lipinski definition) is 3. The number of fused-ring (bicyclic) bond motifs is 1. The highest BCUT2D eigenvalue weighted by molar-refractivity contribution is 7.07. The number of imidazole rings is 1. The molecule has 0 fully saturated rings. The van der Waals surface area contributed by atoms with Crippen LogP contribution in [0.3, 0.4) is 0 Å². The van der Waals surface area contributed by atoms with E-state index < -0.39 is 0 Å². The summed E-state index contributed by atoms with van der Waals surface area (Å²) in [5.41, 5.74) is 3.65. The Balaban J connectivity index is 1.97. The largest absolute Gasteiger partial charge is 0.328 e. The van der Waals surface area contributed by atoms with Crippen LogP contribution in [0, 0.1) is 0 Å². The number of benzene rings is 1. The molecule has 0 radical (unpaired) electrons. The topological polar surface area (TPSA) is 29.9 Å². The fourth-order valence-corrected chi connectivity index (χ4v) is 3.39. The maximum atomic E-state index is 4.81. The third kappa shape index (κ3) is 2.37. The molecule has 0 aliphatic carbocycles. The van der Waals surface area contributed by atoms with Gasteiger partial charge in [0.25, 0.3) is 0 Å². The van der Waals surface area contributed by atoms with E-state index in [4.69, 9.17) is 4.98 Å². The number of thiophene rings is 1. The number of hydrogen-bond donors (Lipinski definition) is 1. The molecule has 0 saturated heterocycles. The van der Waals surface area contributed by atoms with Crippen LogP contribution in [0.1, 0.15) is 24.4 Å². The predicted octanol–water partition coefficient (Wildman–Crippen LogP) is 3.62. The van der Waals surface area contributed by atoms with Crippen molar-refractivity contribution in [2.75, 3.05) is 7.05 Å². The van der Waals surface area contributed by atoms with Gasteiger partial charge in [0, 0.05) is 19.0 Å². The van der Waals surface area contributed by atoms with E-state index in [0.29, 0.717) is 6.04 Å². The molecule has 3 aromatic rings. The number of aromatic nitrogens is 2. The van der Waals surface area contributed by atoms with Gasteiger partial charge in [-0.05, 0) is 48.5 Å². The van der Waals surface area contributed by atoms with Crippen LogP contribution >= 0.6 is 11.3 Å². The van der Waals surface area contributed by atoms with E-state index in [2.05, 4.69) is 51.8 Å². The molecule has 0 aliphatic heterocycles. The summed E-state index contributed by atoms with van der Waals surface area (Å²) in [7, 11) is 2.02. The molecule has 20 heavy (non-hydrogen) atoms. The van der Waals surface area contributed by atoms with Gasteiger partial charge in [-0.15, -0.1) is 0 Å². The van der Waals surface area contributed by atoms with Crippen molar-refractivity contribution >= 4 is 22.4 Å². The first-order valence-electron chi connectivity index (χ1n) is 6.97. The van der Waals surface area contributed by atoms with E-state index >= 15 is 0 Å². The SMILES string of the molecule is CCn1c(CC(NC)c2ccsc2)nc2ccccc21. The Labute approximate surface area is 123 Å². The second-order valence-electron chi connectivity index (χ2n) is 4.86. The second kappa shape index (κ2) is 5.77. The summed E-state index contributed by atoms with van der Waals surface area (Å²) in [6.45, 7) is 3.13. The van der Waals surface area contributed by atoms with Crippen LogP contribution in [0.15, 0.2) is 41.1 Å². The van der Waals surface area contributed by atoms with Crippen molar-refractivity contribution < 1.29 is 0 Å². The third-order valence-electron chi connectivity index (χ3n) is 3.73. The molecule has 1 N–H and O–H groups in total. The molecular formula is C16H19N3S. The lowest BCUT2D eigenvalue weighted by Gasteiger charge is -2.15. The number of rotatable bonds is 5. The summed E-state index contributed by atoms with van der Waals surface area (Å²) >= 11 is 1.74. The summed E-state index contributed by atoms with van der Waals surface area (Å²) in [4.78, 5) is 4.81. The van der Waals surface area contributed by atoms with Crippen LogP contribution < -0.4 is 5.32 Å². The molecule has 0 aliphatic rings. The molecule has 0 amide bonds. The van der Waals surface area contributed by atoms with E-state index in [9.17, 15) is 0 Å². The van der Waals surface area contributed by atoms with Gasteiger partial charge in [0.2, 0.25) is 0 Å². The number of nitrogens with zero attached hydrogens (tertiary/aromatic N) is 2. The Hall–Kier alpha value is -1.65. The summed E-state index contributed by atoms with van der Waals surface area (Å²) in [6, 6.07) is 10.9. The Bertz CT molecular complexity index is 685. The Morgan fingerprint density at radius 1 is 1.30 bits per heavy atom. The average Bonchev–Trinajstić information content (AvgIpc) is 3.11. The van der Waals surface area contributed by atoms with Crippen LogP contribution in [0.2, 0.25) is 0 Å². The zero-order chi connectivity index (χ0) is 13.9. The summed E-state index contributed by atoms with van der Waals surface area (Å²) < 4.78 is 2.31. The van der Waals surface area contributed by atoms with Gasteiger partial charge in [0.05, 0.1) is 11.0 Å². The summed E-state index contributed by atoms with van der Waals surface area (Å²) in [5.74, 6) is 1.15. The molecular weight excluding hydrogens is 266 g/mol. The lowest BCUT2D eigenvalue weighted by molar-refractivity contribution is 0.558. The van der Waals surface area contributed by atoms with Gasteiger partial charge < -0.3 is 9.88 Å². The van der Waals surface area contributed by atoms with Crippen molar-refractivity contribution in [3.05, 3.63) is 52.5 Å². The van der Waals surface area contributed by atoms with Crippen LogP contribution in [0.25, 0.3) is 11.0 Å². The smallest absolute Gasteiger partial charge is 0.111 e. The number of para-hydroxylation sites is 2. The molecule has 0 bridgehead atoms. The predicted molar refractivity (Wildman–Crippen MR) is 85.2 cm³/mol. The Morgan fingerprint density at radius 2 is 2.15 bits per heavy atom. The number of nitrogens with one attached hydrogen (secondary N) is 1. The summed E-state index contributed by atoms with van der Waals surface area (Å²) in [5, 5.41) is 7.74. The molecule has 0 spiro atoms. The molecule has 2 heterocycles. The first-order chi connectivity index (χ1) is 9.83. The molecule has 104 valence electrons. The van der Waals surface area contributed by atoms with E-state index in [1.807, 2.05) is 13.1 Å². The van der Waals surface area contributed by atoms with E-state index in [0.717, 1.165) is 24.3 Å². The molecule has 1 atom stereocenters. The highest BCUT2D eigenvalue weighted by Crippen LogP contribution is 2.23. The van der Waals surface area contributed by atoms with Crippen molar-refractivity contribution in [3.8, 4) is 0 Å². The highest BCUT2D eigenvalue weighted by atomic mass is 32.1. The quantitative estimate of drug-likeness (QED) is 0.776. The van der Waals surface area contributed by atoms with Crippen molar-refractivity contribution in [1.29, 1.82) is 0 Å². The van der Waals surface area contributed by atoms with E-state index in [1.54, 1.807) is 11.3 Å². The maximum absolute atomic E-state index is 4.81. The number of aryl methyl sites for hydroxylation is 1. The summed E-state index contributed by atoms with van der Waals surface area (Å²) in [6.07, 6.45) is 0.912. The van der Waals surface area contributed by atoms with Crippen molar-refractivity contribution in [3.63, 3.8) is 0 Å². The molecule has 1 unspecified atom stereocenters. The minimum Gasteiger partial charge on any atom is -0.328 e. The molecule has 4 heteroatoms. The maximum Gasteiger partial charge on any atom is 0.111 e. The van der Waals surface area contributed by atoms with Gasteiger partial charge in [0.15, 0.2) is 0 Å². The lowest BCUT2D eigenvalue weighted by atomic mass is 10.1. The monoisotopic (exact) mass is 285 g/mol. The fourth-order valence-electron chi connectivity index (χ4n) is 2.68. The van der Waals surface area contributed by atoms with Crippen LogP contribution in [-0.4, -0.2) is 16.6 Å². The Kier molecular flexibility index (Phi) is 3.85. The highest BCUT2D eigenvalue weighted by Gasteiger charge is 2.16. The number of likely N-dealkylation sites (N-methyl/N-ethyl adjacent to an activating group) is 1. The van der Waals surface area contributed by atoms with Gasteiger partial charge in [-0.3, -0.25) is 0 Å². The van der Waals surface area contributed by atoms with Crippen LogP contribution in [0.5, 0.6) is 0 Å². The average molecular weight is 285 g/mol. The van der Waals surface area contributed by atoms with Gasteiger partial charge in [-0.2, -0.15) is 11.3 Å². The molecule has 0 saturated carbocycles. The fraction of sp³-hybridized carbons (Fsp3) is 0.312. The lowest BCUT2D eigenvalue weighted by Crippen LogP contribution is -2.20. The minimum absolute atomic E-state index is 0.323. The standard InChI is InChI=1S/C16H19N3S/c1-3-19-15-7-5-4-6-13(15)18-16(19)10-14(17-2)12-8-9-20-11-12/h4-9,11,14,17H,3,10H2,1-2H3. The molecule has 2 aromatic heterocycles. The minimum atomic E-state index is 0.323. The second-order valence-corrected chi connectivity index (χ2v) is 5.64. The van der Waals surface area contributed by atoms with E-state index in [1.165, 1.54) is 11.1 Å². The first-order valence-corrected chi connectivity index (χ1v) is 7.91. The van der Waals surface area contributed by atoms with Crippen molar-refractivity contribution in [2.45, 2.75) is 25.9 Å². The van der Waals surface area contributed by atoms with Crippen LogP contribution in [0.4, 0.5) is 0 Å². The normalized spacial score (nSPS) is 12.9. The Morgan fingerprint density at radius 3 is 2.85 bits per heavy atom. The van der Waals surface area contributed by atoms with E-state index in [-0.39, 0.29) is 0 Å². The molecule has 3 nitrogen and oxygen atoms in total. The van der Waals surface area contributed by atoms with Gasteiger partial charge >= 0.3 is 0 Å². The van der Waals surface area contributed by atoms with Gasteiger partial charge in [-0.1, -0.05) is 12.1 Å². The molecule has 1 aromatic carbocycles. The molecule has 3 rings (SSSR count). The third-order valence-corrected chi connectivity index (χ3v) is 4.43. The zero-order valence-electron chi connectivity index (χ0n) is 11.8. The van der Waals surface area contributed by atoms with Gasteiger partial charge in [-0.25, -0.2) is 4.98 Å². The van der Waals surface area contributed by atoms with Gasteiger partial charge in [0.1, 0.15) is 5.82 Å². The van der Waals surface area contributed by atoms with Crippen molar-refractivity contribution in [2.24, 2.45) is 0 Å². The van der Waals surface area contributed by atoms with Crippen molar-refractivity contribution in [1.82, 2.24) is 14.9 Å². The first kappa shape index (κ1) is 13.3.